The van der Waals surface area contributed by atoms with Gasteiger partial charge in [0.2, 0.25) is 0 Å². The molecule has 1 fully saturated rings. The minimum absolute atomic E-state index is 0.126. The number of amides is 1. The summed E-state index contributed by atoms with van der Waals surface area (Å²) in [6.07, 6.45) is 0. The van der Waals surface area contributed by atoms with Gasteiger partial charge in [-0.05, 0) is 23.6 Å². The van der Waals surface area contributed by atoms with E-state index in [-0.39, 0.29) is 17.8 Å². The number of morpholine rings is 1. The number of fused-ring (bicyclic) bond motifs is 1. The SMILES string of the molecule is O=C(NCC1COCCN1)c1cc2ccc(F)cc2s1. The number of hydrogen-bond acceptors (Lipinski definition) is 4. The topological polar surface area (TPSA) is 50.4 Å². The Morgan fingerprint density at radius 1 is 1.50 bits per heavy atom. The lowest BCUT2D eigenvalue weighted by molar-refractivity contribution is 0.0735. The molecular weight excluding hydrogens is 279 g/mol. The number of nitrogens with one attached hydrogen (secondary N) is 2. The third-order valence-corrected chi connectivity index (χ3v) is 4.31. The van der Waals surface area contributed by atoms with Crippen molar-refractivity contribution >= 4 is 27.3 Å². The molecule has 6 heteroatoms. The summed E-state index contributed by atoms with van der Waals surface area (Å²) in [6, 6.07) is 6.49. The summed E-state index contributed by atoms with van der Waals surface area (Å²) >= 11 is 1.30. The summed E-state index contributed by atoms with van der Waals surface area (Å²) in [5.41, 5.74) is 0. The average Bonchev–Trinajstić information content (AvgIpc) is 2.89. The fourth-order valence-corrected chi connectivity index (χ4v) is 3.17. The normalized spacial score (nSPS) is 19.1. The van der Waals surface area contributed by atoms with Crippen LogP contribution in [0.5, 0.6) is 0 Å². The molecule has 1 unspecified atom stereocenters. The monoisotopic (exact) mass is 294 g/mol. The number of carbonyl (C=O) groups is 1. The third-order valence-electron chi connectivity index (χ3n) is 3.21. The lowest BCUT2D eigenvalue weighted by Gasteiger charge is -2.23. The molecular formula is C14H15FN2O2S. The zero-order valence-electron chi connectivity index (χ0n) is 10.8. The van der Waals surface area contributed by atoms with Gasteiger partial charge in [-0.25, -0.2) is 4.39 Å². The smallest absolute Gasteiger partial charge is 0.261 e. The van der Waals surface area contributed by atoms with E-state index in [0.717, 1.165) is 16.6 Å². The number of ether oxygens (including phenoxy) is 1. The Balaban J connectivity index is 1.65. The van der Waals surface area contributed by atoms with Crippen LogP contribution in [0.25, 0.3) is 10.1 Å². The van der Waals surface area contributed by atoms with Crippen molar-refractivity contribution in [3.8, 4) is 0 Å². The van der Waals surface area contributed by atoms with Crippen LogP contribution in [0.2, 0.25) is 0 Å². The standard InChI is InChI=1S/C14H15FN2O2S/c15-10-2-1-9-5-13(20-12(9)6-10)14(18)17-7-11-8-19-4-3-16-11/h1-2,5-6,11,16H,3-4,7-8H2,(H,17,18). The molecule has 106 valence electrons. The van der Waals surface area contributed by atoms with E-state index in [9.17, 15) is 9.18 Å². The van der Waals surface area contributed by atoms with Gasteiger partial charge in [-0.1, -0.05) is 6.07 Å². The van der Waals surface area contributed by atoms with E-state index >= 15 is 0 Å². The molecule has 1 aliphatic rings. The molecule has 2 heterocycles. The van der Waals surface area contributed by atoms with Gasteiger partial charge in [0.15, 0.2) is 0 Å². The van der Waals surface area contributed by atoms with Crippen LogP contribution in [0.4, 0.5) is 4.39 Å². The summed E-state index contributed by atoms with van der Waals surface area (Å²) in [6.45, 7) is 2.66. The zero-order valence-corrected chi connectivity index (χ0v) is 11.6. The second-order valence-electron chi connectivity index (χ2n) is 4.73. The molecule has 0 radical (unpaired) electrons. The van der Waals surface area contributed by atoms with Crippen molar-refractivity contribution in [3.05, 3.63) is 35.0 Å². The lowest BCUT2D eigenvalue weighted by atomic mass is 10.2. The predicted octanol–water partition coefficient (Wildman–Crippen LogP) is 1.76. The first-order valence-corrected chi connectivity index (χ1v) is 7.32. The molecule has 2 N–H and O–H groups in total. The molecule has 1 aliphatic heterocycles. The molecule has 20 heavy (non-hydrogen) atoms. The van der Waals surface area contributed by atoms with E-state index < -0.39 is 0 Å². The van der Waals surface area contributed by atoms with Crippen molar-refractivity contribution in [2.45, 2.75) is 6.04 Å². The fraction of sp³-hybridized carbons (Fsp3) is 0.357. The Labute approximate surface area is 119 Å². The molecule has 1 atom stereocenters. The van der Waals surface area contributed by atoms with E-state index in [1.54, 1.807) is 12.1 Å². The summed E-state index contributed by atoms with van der Waals surface area (Å²) in [4.78, 5) is 12.7. The number of benzene rings is 1. The number of halogens is 1. The Hall–Kier alpha value is -1.50. The van der Waals surface area contributed by atoms with Crippen molar-refractivity contribution in [2.24, 2.45) is 0 Å². The fourth-order valence-electron chi connectivity index (χ4n) is 2.17. The Bertz CT molecular complexity index is 623. The van der Waals surface area contributed by atoms with Gasteiger partial charge in [-0.3, -0.25) is 4.79 Å². The quantitative estimate of drug-likeness (QED) is 0.907. The van der Waals surface area contributed by atoms with Gasteiger partial charge >= 0.3 is 0 Å². The van der Waals surface area contributed by atoms with Crippen molar-refractivity contribution in [1.82, 2.24) is 10.6 Å². The Morgan fingerprint density at radius 2 is 2.40 bits per heavy atom. The molecule has 1 saturated heterocycles. The zero-order chi connectivity index (χ0) is 13.9. The maximum absolute atomic E-state index is 13.1. The Morgan fingerprint density at radius 3 is 3.20 bits per heavy atom. The van der Waals surface area contributed by atoms with Crippen molar-refractivity contribution in [2.75, 3.05) is 26.3 Å². The highest BCUT2D eigenvalue weighted by atomic mass is 32.1. The molecule has 0 bridgehead atoms. The van der Waals surface area contributed by atoms with E-state index in [0.29, 0.717) is 24.6 Å². The molecule has 1 aromatic carbocycles. The van der Waals surface area contributed by atoms with Gasteiger partial charge in [0, 0.05) is 23.8 Å². The van der Waals surface area contributed by atoms with Gasteiger partial charge in [-0.15, -0.1) is 11.3 Å². The first-order valence-electron chi connectivity index (χ1n) is 6.51. The van der Waals surface area contributed by atoms with Gasteiger partial charge < -0.3 is 15.4 Å². The van der Waals surface area contributed by atoms with Crippen LogP contribution < -0.4 is 10.6 Å². The van der Waals surface area contributed by atoms with Crippen LogP contribution in [-0.2, 0) is 4.74 Å². The summed E-state index contributed by atoms with van der Waals surface area (Å²) < 4.78 is 19.2. The minimum atomic E-state index is -0.283. The maximum Gasteiger partial charge on any atom is 0.261 e. The number of thiophene rings is 1. The highest BCUT2D eigenvalue weighted by molar-refractivity contribution is 7.20. The highest BCUT2D eigenvalue weighted by Gasteiger charge is 2.15. The second kappa shape index (κ2) is 5.87. The van der Waals surface area contributed by atoms with E-state index in [1.165, 1.54) is 23.5 Å². The molecule has 2 aromatic rings. The second-order valence-corrected chi connectivity index (χ2v) is 5.81. The lowest BCUT2D eigenvalue weighted by Crippen LogP contribution is -2.48. The van der Waals surface area contributed by atoms with Crippen molar-refractivity contribution < 1.29 is 13.9 Å². The first kappa shape index (κ1) is 13.5. The van der Waals surface area contributed by atoms with Crippen molar-refractivity contribution in [3.63, 3.8) is 0 Å². The molecule has 0 spiro atoms. The molecule has 3 rings (SSSR count). The maximum atomic E-state index is 13.1. The van der Waals surface area contributed by atoms with E-state index in [4.69, 9.17) is 4.74 Å². The largest absolute Gasteiger partial charge is 0.378 e. The van der Waals surface area contributed by atoms with Crippen molar-refractivity contribution in [1.29, 1.82) is 0 Å². The number of carbonyl (C=O) groups excluding carboxylic acids is 1. The molecule has 0 aliphatic carbocycles. The van der Waals surface area contributed by atoms with E-state index in [2.05, 4.69) is 10.6 Å². The van der Waals surface area contributed by atoms with E-state index in [1.807, 2.05) is 0 Å². The number of rotatable bonds is 3. The van der Waals surface area contributed by atoms with Gasteiger partial charge in [-0.2, -0.15) is 0 Å². The van der Waals surface area contributed by atoms with Crippen LogP contribution in [0.15, 0.2) is 24.3 Å². The molecule has 4 nitrogen and oxygen atoms in total. The highest BCUT2D eigenvalue weighted by Crippen LogP contribution is 2.26. The van der Waals surface area contributed by atoms with Gasteiger partial charge in [0.1, 0.15) is 5.82 Å². The van der Waals surface area contributed by atoms with Crippen LogP contribution >= 0.6 is 11.3 Å². The molecule has 1 amide bonds. The molecule has 0 saturated carbocycles. The first-order chi connectivity index (χ1) is 9.72. The molecule has 1 aromatic heterocycles. The summed E-state index contributed by atoms with van der Waals surface area (Å²) in [5, 5.41) is 7.04. The van der Waals surface area contributed by atoms with Gasteiger partial charge in [0.25, 0.3) is 5.91 Å². The predicted molar refractivity (Wildman–Crippen MR) is 76.7 cm³/mol. The van der Waals surface area contributed by atoms with Crippen LogP contribution in [0, 0.1) is 5.82 Å². The van der Waals surface area contributed by atoms with Gasteiger partial charge in [0.05, 0.1) is 18.1 Å². The average molecular weight is 294 g/mol. The minimum Gasteiger partial charge on any atom is -0.378 e. The van der Waals surface area contributed by atoms with Crippen LogP contribution in [0.1, 0.15) is 9.67 Å². The van der Waals surface area contributed by atoms with Crippen LogP contribution in [0.3, 0.4) is 0 Å². The number of hydrogen-bond donors (Lipinski definition) is 2. The Kier molecular flexibility index (Phi) is 3.95. The third kappa shape index (κ3) is 2.98. The summed E-state index contributed by atoms with van der Waals surface area (Å²) in [5.74, 6) is -0.408. The summed E-state index contributed by atoms with van der Waals surface area (Å²) in [7, 11) is 0. The van der Waals surface area contributed by atoms with Crippen LogP contribution in [-0.4, -0.2) is 38.3 Å².